The van der Waals surface area contributed by atoms with E-state index in [-0.39, 0.29) is 0 Å². The summed E-state index contributed by atoms with van der Waals surface area (Å²) in [6, 6.07) is 9.06. The van der Waals surface area contributed by atoms with Gasteiger partial charge in [0, 0.05) is 31.9 Å². The Balaban J connectivity index is 1.56. The van der Waals surface area contributed by atoms with Crippen LogP contribution in [0.15, 0.2) is 30.5 Å². The molecule has 5 nitrogen and oxygen atoms in total. The first kappa shape index (κ1) is 15.6. The Bertz CT molecular complexity index is 684. The summed E-state index contributed by atoms with van der Waals surface area (Å²) in [7, 11) is 0. The fraction of sp³-hybridized carbons (Fsp3) is 0.389. The van der Waals surface area contributed by atoms with Crippen molar-refractivity contribution in [2.24, 2.45) is 0 Å². The number of rotatable bonds is 5. The molecule has 1 saturated heterocycles. The molecule has 0 bridgehead atoms. The maximum Gasteiger partial charge on any atom is 0.223 e. The number of nitrogens with zero attached hydrogens (tertiary/aromatic N) is 3. The highest BCUT2D eigenvalue weighted by Gasteiger charge is 2.23. The van der Waals surface area contributed by atoms with E-state index in [2.05, 4.69) is 51.4 Å². The molecule has 23 heavy (non-hydrogen) atoms. The molecule has 1 aliphatic rings. The summed E-state index contributed by atoms with van der Waals surface area (Å²) in [4.78, 5) is 21.8. The second-order valence-corrected chi connectivity index (χ2v) is 6.20. The zero-order valence-corrected chi connectivity index (χ0v) is 13.6. The number of likely N-dealkylation sites (tertiary alicyclic amines) is 1. The third kappa shape index (κ3) is 3.93. The number of aryl methyl sites for hydroxylation is 2. The topological polar surface area (TPSA) is 58.1 Å². The van der Waals surface area contributed by atoms with Crippen LogP contribution in [0.25, 0.3) is 0 Å². The number of hydrogen-bond acceptors (Lipinski definition) is 5. The summed E-state index contributed by atoms with van der Waals surface area (Å²) in [5.41, 5.74) is 3.90. The molecule has 0 spiro atoms. The van der Waals surface area contributed by atoms with Crippen LogP contribution in [-0.4, -0.2) is 40.3 Å². The summed E-state index contributed by atoms with van der Waals surface area (Å²) < 4.78 is 0. The van der Waals surface area contributed by atoms with E-state index in [1.165, 1.54) is 11.1 Å². The molecule has 120 valence electrons. The Hall–Kier alpha value is -2.27. The van der Waals surface area contributed by atoms with Gasteiger partial charge in [-0.2, -0.15) is 0 Å². The first-order valence-electron chi connectivity index (χ1n) is 7.97. The van der Waals surface area contributed by atoms with Crippen molar-refractivity contribution in [3.05, 3.63) is 52.8 Å². The van der Waals surface area contributed by atoms with Gasteiger partial charge in [-0.15, -0.1) is 0 Å². The number of nitrogens with one attached hydrogen (secondary N) is 1. The standard InChI is InChI=1S/C18H22N4O/c1-13-3-5-15(6-4-13)10-22-8-7-17(11-22)21-18-19-9-16(12-23)14(2)20-18/h3-6,9,12,17H,7-8,10-11H2,1-2H3,(H,19,20,21)/t17-/m1/s1. The quantitative estimate of drug-likeness (QED) is 0.860. The number of hydrogen-bond donors (Lipinski definition) is 1. The van der Waals surface area contributed by atoms with E-state index in [1.54, 1.807) is 6.20 Å². The molecule has 0 aliphatic carbocycles. The zero-order valence-electron chi connectivity index (χ0n) is 13.6. The van der Waals surface area contributed by atoms with Gasteiger partial charge in [-0.1, -0.05) is 29.8 Å². The Morgan fingerprint density at radius 2 is 2.09 bits per heavy atom. The van der Waals surface area contributed by atoms with Crippen LogP contribution >= 0.6 is 0 Å². The van der Waals surface area contributed by atoms with Crippen LogP contribution in [0.2, 0.25) is 0 Å². The molecule has 1 fully saturated rings. The zero-order chi connectivity index (χ0) is 16.2. The van der Waals surface area contributed by atoms with Gasteiger partial charge in [0.15, 0.2) is 6.29 Å². The summed E-state index contributed by atoms with van der Waals surface area (Å²) in [5, 5.41) is 3.38. The predicted octanol–water partition coefficient (Wildman–Crippen LogP) is 2.59. The van der Waals surface area contributed by atoms with Crippen LogP contribution in [-0.2, 0) is 6.54 Å². The average Bonchev–Trinajstić information content (AvgIpc) is 2.97. The highest BCUT2D eigenvalue weighted by atomic mass is 16.1. The molecular weight excluding hydrogens is 288 g/mol. The van der Waals surface area contributed by atoms with Crippen molar-refractivity contribution in [3.8, 4) is 0 Å². The van der Waals surface area contributed by atoms with Crippen molar-refractivity contribution in [3.63, 3.8) is 0 Å². The van der Waals surface area contributed by atoms with E-state index in [0.717, 1.165) is 32.3 Å². The molecule has 3 rings (SSSR count). The molecule has 1 aliphatic heterocycles. The predicted molar refractivity (Wildman–Crippen MR) is 90.6 cm³/mol. The van der Waals surface area contributed by atoms with Crippen LogP contribution in [0.1, 0.15) is 33.6 Å². The van der Waals surface area contributed by atoms with E-state index in [9.17, 15) is 4.79 Å². The summed E-state index contributed by atoms with van der Waals surface area (Å²) in [6.45, 7) is 6.96. The lowest BCUT2D eigenvalue weighted by Crippen LogP contribution is -2.26. The van der Waals surface area contributed by atoms with Gasteiger partial charge in [-0.05, 0) is 25.8 Å². The third-order valence-corrected chi connectivity index (χ3v) is 4.28. The number of benzene rings is 1. The Labute approximate surface area is 136 Å². The highest BCUT2D eigenvalue weighted by molar-refractivity contribution is 5.75. The molecule has 1 aromatic heterocycles. The average molecular weight is 310 g/mol. The minimum absolute atomic E-state index is 0.349. The minimum Gasteiger partial charge on any atom is -0.350 e. The van der Waals surface area contributed by atoms with Gasteiger partial charge in [-0.3, -0.25) is 9.69 Å². The summed E-state index contributed by atoms with van der Waals surface area (Å²) in [5.74, 6) is 0.607. The smallest absolute Gasteiger partial charge is 0.223 e. The van der Waals surface area contributed by atoms with Gasteiger partial charge in [0.05, 0.1) is 11.3 Å². The van der Waals surface area contributed by atoms with Gasteiger partial charge in [0.2, 0.25) is 5.95 Å². The van der Waals surface area contributed by atoms with E-state index in [1.807, 2.05) is 6.92 Å². The molecule has 1 N–H and O–H groups in total. The van der Waals surface area contributed by atoms with Crippen LogP contribution in [0.3, 0.4) is 0 Å². The van der Waals surface area contributed by atoms with Crippen molar-refractivity contribution in [1.29, 1.82) is 0 Å². The lowest BCUT2D eigenvalue weighted by atomic mass is 10.1. The number of aldehydes is 1. The second kappa shape index (κ2) is 6.87. The largest absolute Gasteiger partial charge is 0.350 e. The Morgan fingerprint density at radius 1 is 1.30 bits per heavy atom. The highest BCUT2D eigenvalue weighted by Crippen LogP contribution is 2.17. The van der Waals surface area contributed by atoms with E-state index < -0.39 is 0 Å². The Kier molecular flexibility index (Phi) is 4.67. The molecule has 1 aromatic carbocycles. The van der Waals surface area contributed by atoms with Gasteiger partial charge >= 0.3 is 0 Å². The molecule has 2 heterocycles. The number of carbonyl (C=O) groups is 1. The van der Waals surface area contributed by atoms with Crippen LogP contribution in [0.5, 0.6) is 0 Å². The van der Waals surface area contributed by atoms with Gasteiger partial charge in [-0.25, -0.2) is 9.97 Å². The molecule has 2 aromatic rings. The fourth-order valence-corrected chi connectivity index (χ4v) is 2.89. The van der Waals surface area contributed by atoms with Crippen molar-refractivity contribution >= 4 is 12.2 Å². The lowest BCUT2D eigenvalue weighted by molar-refractivity contribution is 0.112. The first-order chi connectivity index (χ1) is 11.1. The van der Waals surface area contributed by atoms with Gasteiger partial charge < -0.3 is 5.32 Å². The normalized spacial score (nSPS) is 18.1. The summed E-state index contributed by atoms with van der Waals surface area (Å²) >= 11 is 0. The molecule has 1 atom stereocenters. The second-order valence-electron chi connectivity index (χ2n) is 6.20. The molecule has 0 amide bonds. The fourth-order valence-electron chi connectivity index (χ4n) is 2.89. The molecule has 5 heteroatoms. The third-order valence-electron chi connectivity index (χ3n) is 4.28. The van der Waals surface area contributed by atoms with Gasteiger partial charge in [0.25, 0.3) is 0 Å². The van der Waals surface area contributed by atoms with Crippen molar-refractivity contribution < 1.29 is 4.79 Å². The number of aromatic nitrogens is 2. The number of carbonyl (C=O) groups excluding carboxylic acids is 1. The molecule has 0 radical (unpaired) electrons. The maximum absolute atomic E-state index is 10.8. The molecule has 0 saturated carbocycles. The SMILES string of the molecule is Cc1ccc(CN2CC[C@@H](Nc3ncc(C=O)c(C)n3)C2)cc1. The van der Waals surface area contributed by atoms with Crippen molar-refractivity contribution in [1.82, 2.24) is 14.9 Å². The lowest BCUT2D eigenvalue weighted by Gasteiger charge is -2.17. The van der Waals surface area contributed by atoms with Crippen LogP contribution in [0.4, 0.5) is 5.95 Å². The van der Waals surface area contributed by atoms with E-state index in [0.29, 0.717) is 23.2 Å². The summed E-state index contributed by atoms with van der Waals surface area (Å²) in [6.07, 6.45) is 3.44. The van der Waals surface area contributed by atoms with E-state index in [4.69, 9.17) is 0 Å². The minimum atomic E-state index is 0.349. The molecular formula is C18H22N4O. The van der Waals surface area contributed by atoms with Crippen LogP contribution < -0.4 is 5.32 Å². The number of anilines is 1. The monoisotopic (exact) mass is 310 g/mol. The maximum atomic E-state index is 10.8. The van der Waals surface area contributed by atoms with E-state index >= 15 is 0 Å². The van der Waals surface area contributed by atoms with Crippen molar-refractivity contribution in [2.45, 2.75) is 32.9 Å². The Morgan fingerprint density at radius 3 is 2.78 bits per heavy atom. The molecule has 0 unspecified atom stereocenters. The van der Waals surface area contributed by atoms with Gasteiger partial charge in [0.1, 0.15) is 0 Å². The van der Waals surface area contributed by atoms with Crippen LogP contribution in [0, 0.1) is 13.8 Å². The van der Waals surface area contributed by atoms with Crippen molar-refractivity contribution in [2.75, 3.05) is 18.4 Å². The first-order valence-corrected chi connectivity index (χ1v) is 7.97.